The summed E-state index contributed by atoms with van der Waals surface area (Å²) in [7, 11) is 1.86. The molecule has 0 aliphatic carbocycles. The van der Waals surface area contributed by atoms with E-state index in [0.29, 0.717) is 16.0 Å². The van der Waals surface area contributed by atoms with Crippen LogP contribution in [0.3, 0.4) is 0 Å². The van der Waals surface area contributed by atoms with Gasteiger partial charge in [-0.3, -0.25) is 4.79 Å². The van der Waals surface area contributed by atoms with Gasteiger partial charge in [0.2, 0.25) is 5.91 Å². The lowest BCUT2D eigenvalue weighted by Gasteiger charge is -2.09. The molecule has 0 spiro atoms. The van der Waals surface area contributed by atoms with Gasteiger partial charge in [0.05, 0.1) is 10.8 Å². The first-order valence-electron chi connectivity index (χ1n) is 8.68. The lowest BCUT2D eigenvalue weighted by atomic mass is 10.1. The number of aromatic nitrogens is 3. The first kappa shape index (κ1) is 18.5. The van der Waals surface area contributed by atoms with Gasteiger partial charge in [0.1, 0.15) is 0 Å². The Morgan fingerprint density at radius 1 is 1.04 bits per heavy atom. The van der Waals surface area contributed by atoms with E-state index in [4.69, 9.17) is 11.6 Å². The molecular formula is C21H17ClN4OS. The van der Waals surface area contributed by atoms with E-state index in [1.54, 1.807) is 0 Å². The number of nitrogens with zero attached hydrogens (tertiary/aromatic N) is 3. The molecular weight excluding hydrogens is 392 g/mol. The number of nitrogens with one attached hydrogen (secondary N) is 1. The summed E-state index contributed by atoms with van der Waals surface area (Å²) in [5.41, 5.74) is 1.62. The van der Waals surface area contributed by atoms with Crippen LogP contribution in [0.25, 0.3) is 22.2 Å². The molecule has 28 heavy (non-hydrogen) atoms. The number of benzene rings is 3. The van der Waals surface area contributed by atoms with E-state index in [9.17, 15) is 4.79 Å². The Bertz CT molecular complexity index is 1150. The van der Waals surface area contributed by atoms with Gasteiger partial charge in [-0.15, -0.1) is 10.2 Å². The maximum Gasteiger partial charge on any atom is 0.234 e. The largest absolute Gasteiger partial charge is 0.325 e. The average molecular weight is 409 g/mol. The van der Waals surface area contributed by atoms with E-state index in [2.05, 4.69) is 15.5 Å². The van der Waals surface area contributed by atoms with E-state index >= 15 is 0 Å². The number of rotatable bonds is 5. The minimum atomic E-state index is -0.0938. The second-order valence-electron chi connectivity index (χ2n) is 6.21. The maximum absolute atomic E-state index is 12.5. The Morgan fingerprint density at radius 2 is 1.79 bits per heavy atom. The number of thioether (sulfide) groups is 1. The van der Waals surface area contributed by atoms with E-state index in [0.717, 1.165) is 22.0 Å². The lowest BCUT2D eigenvalue weighted by Crippen LogP contribution is -2.14. The van der Waals surface area contributed by atoms with Crippen molar-refractivity contribution in [2.24, 2.45) is 7.05 Å². The van der Waals surface area contributed by atoms with Crippen molar-refractivity contribution in [2.45, 2.75) is 5.16 Å². The Labute approximate surface area is 171 Å². The predicted octanol–water partition coefficient (Wildman–Crippen LogP) is 5.02. The third-order valence-electron chi connectivity index (χ3n) is 4.35. The quantitative estimate of drug-likeness (QED) is 0.471. The molecule has 1 amide bonds. The highest BCUT2D eigenvalue weighted by Gasteiger charge is 2.15. The standard InChI is InChI=1S/C21H17ClN4OS/c1-26-20(16-10-4-5-11-17(16)22)24-25-21(26)28-13-19(27)23-18-12-6-8-14-7-2-3-9-15(14)18/h2-12H,13H2,1H3,(H,23,27). The Hall–Kier alpha value is -2.83. The van der Waals surface area contributed by atoms with E-state index in [-0.39, 0.29) is 11.7 Å². The van der Waals surface area contributed by atoms with Gasteiger partial charge in [-0.1, -0.05) is 71.9 Å². The summed E-state index contributed by atoms with van der Waals surface area (Å²) in [6, 6.07) is 21.3. The zero-order valence-corrected chi connectivity index (χ0v) is 16.7. The minimum absolute atomic E-state index is 0.0938. The van der Waals surface area contributed by atoms with E-state index in [1.165, 1.54) is 11.8 Å². The summed E-state index contributed by atoms with van der Waals surface area (Å²) in [6.07, 6.45) is 0. The zero-order valence-electron chi connectivity index (χ0n) is 15.1. The van der Waals surface area contributed by atoms with Crippen molar-refractivity contribution < 1.29 is 4.79 Å². The molecule has 7 heteroatoms. The first-order valence-corrected chi connectivity index (χ1v) is 10.0. The van der Waals surface area contributed by atoms with Crippen LogP contribution in [0.1, 0.15) is 0 Å². The number of amides is 1. The van der Waals surface area contributed by atoms with Crippen LogP contribution in [0, 0.1) is 0 Å². The molecule has 1 heterocycles. The highest BCUT2D eigenvalue weighted by atomic mass is 35.5. The van der Waals surface area contributed by atoms with Crippen molar-refractivity contribution in [1.29, 1.82) is 0 Å². The fourth-order valence-electron chi connectivity index (χ4n) is 2.97. The normalized spacial score (nSPS) is 10.9. The molecule has 1 N–H and O–H groups in total. The zero-order chi connectivity index (χ0) is 19.5. The van der Waals surface area contributed by atoms with Crippen LogP contribution in [-0.4, -0.2) is 26.4 Å². The molecule has 4 rings (SSSR count). The Balaban J connectivity index is 1.46. The van der Waals surface area contributed by atoms with Crippen LogP contribution in [0.2, 0.25) is 5.02 Å². The number of anilines is 1. The molecule has 0 aliphatic rings. The van der Waals surface area contributed by atoms with Gasteiger partial charge in [0.15, 0.2) is 11.0 Å². The summed E-state index contributed by atoms with van der Waals surface area (Å²) < 4.78 is 1.84. The molecule has 140 valence electrons. The van der Waals surface area contributed by atoms with Crippen LogP contribution >= 0.6 is 23.4 Å². The van der Waals surface area contributed by atoms with Crippen LogP contribution in [-0.2, 0) is 11.8 Å². The predicted molar refractivity (Wildman–Crippen MR) is 115 cm³/mol. The van der Waals surface area contributed by atoms with Crippen molar-refractivity contribution >= 4 is 45.7 Å². The summed E-state index contributed by atoms with van der Waals surface area (Å²) in [5, 5.41) is 14.8. The summed E-state index contributed by atoms with van der Waals surface area (Å²) in [4.78, 5) is 12.5. The SMILES string of the molecule is Cn1c(SCC(=O)Nc2cccc3ccccc23)nnc1-c1ccccc1Cl. The molecule has 0 saturated heterocycles. The molecule has 0 radical (unpaired) electrons. The van der Waals surface area contributed by atoms with Gasteiger partial charge in [0.25, 0.3) is 0 Å². The number of carbonyl (C=O) groups is 1. The van der Waals surface area contributed by atoms with Crippen LogP contribution in [0.15, 0.2) is 71.9 Å². The Kier molecular flexibility index (Phi) is 5.32. The number of halogens is 1. The molecule has 4 aromatic rings. The van der Waals surface area contributed by atoms with Gasteiger partial charge in [-0.25, -0.2) is 0 Å². The first-order chi connectivity index (χ1) is 13.6. The van der Waals surface area contributed by atoms with E-state index in [1.807, 2.05) is 78.3 Å². The van der Waals surface area contributed by atoms with Crippen molar-refractivity contribution in [3.63, 3.8) is 0 Å². The maximum atomic E-state index is 12.5. The second-order valence-corrected chi connectivity index (χ2v) is 7.56. The number of carbonyl (C=O) groups excluding carboxylic acids is 1. The molecule has 0 unspecified atom stereocenters. The molecule has 1 aromatic heterocycles. The molecule has 0 fully saturated rings. The fraction of sp³-hybridized carbons (Fsp3) is 0.0952. The highest BCUT2D eigenvalue weighted by molar-refractivity contribution is 7.99. The van der Waals surface area contributed by atoms with Crippen LogP contribution < -0.4 is 5.32 Å². The van der Waals surface area contributed by atoms with Crippen molar-refractivity contribution in [3.8, 4) is 11.4 Å². The van der Waals surface area contributed by atoms with Gasteiger partial charge < -0.3 is 9.88 Å². The molecule has 3 aromatic carbocycles. The number of hydrogen-bond donors (Lipinski definition) is 1. The fourth-order valence-corrected chi connectivity index (χ4v) is 3.90. The van der Waals surface area contributed by atoms with Crippen LogP contribution in [0.4, 0.5) is 5.69 Å². The molecule has 5 nitrogen and oxygen atoms in total. The third-order valence-corrected chi connectivity index (χ3v) is 5.70. The van der Waals surface area contributed by atoms with E-state index < -0.39 is 0 Å². The Morgan fingerprint density at radius 3 is 2.64 bits per heavy atom. The monoisotopic (exact) mass is 408 g/mol. The summed E-state index contributed by atoms with van der Waals surface area (Å²) in [6.45, 7) is 0. The number of hydrogen-bond acceptors (Lipinski definition) is 4. The van der Waals surface area contributed by atoms with Crippen molar-refractivity contribution in [3.05, 3.63) is 71.8 Å². The molecule has 0 aliphatic heterocycles. The summed E-state index contributed by atoms with van der Waals surface area (Å²) >= 11 is 7.59. The van der Waals surface area contributed by atoms with Crippen molar-refractivity contribution in [2.75, 3.05) is 11.1 Å². The molecule has 0 saturated carbocycles. The number of fused-ring (bicyclic) bond motifs is 1. The topological polar surface area (TPSA) is 59.8 Å². The second kappa shape index (κ2) is 8.04. The van der Waals surface area contributed by atoms with Gasteiger partial charge >= 0.3 is 0 Å². The highest BCUT2D eigenvalue weighted by Crippen LogP contribution is 2.28. The van der Waals surface area contributed by atoms with Gasteiger partial charge in [-0.05, 0) is 23.6 Å². The third kappa shape index (κ3) is 3.74. The van der Waals surface area contributed by atoms with Crippen LogP contribution in [0.5, 0.6) is 0 Å². The van der Waals surface area contributed by atoms with Crippen molar-refractivity contribution in [1.82, 2.24) is 14.8 Å². The smallest absolute Gasteiger partial charge is 0.234 e. The minimum Gasteiger partial charge on any atom is -0.325 e. The average Bonchev–Trinajstić information content (AvgIpc) is 3.07. The lowest BCUT2D eigenvalue weighted by molar-refractivity contribution is -0.113. The summed E-state index contributed by atoms with van der Waals surface area (Å²) in [5.74, 6) is 0.809. The van der Waals surface area contributed by atoms with Gasteiger partial charge in [0, 0.05) is 23.7 Å². The van der Waals surface area contributed by atoms with Gasteiger partial charge in [-0.2, -0.15) is 0 Å². The molecule has 0 atom stereocenters. The molecule has 0 bridgehead atoms.